The van der Waals surface area contributed by atoms with Gasteiger partial charge in [0.2, 0.25) is 0 Å². The Kier molecular flexibility index (Phi) is 6.27. The average Bonchev–Trinajstić information content (AvgIpc) is 3.43. The third-order valence-corrected chi connectivity index (χ3v) is 6.12. The summed E-state index contributed by atoms with van der Waals surface area (Å²) in [6.45, 7) is 4.69. The van der Waals surface area contributed by atoms with Crippen LogP contribution in [0.25, 0.3) is 22.0 Å². The van der Waals surface area contributed by atoms with Crippen molar-refractivity contribution in [2.24, 2.45) is 0 Å². The lowest BCUT2D eigenvalue weighted by molar-refractivity contribution is 0.340. The van der Waals surface area contributed by atoms with Gasteiger partial charge in [0.1, 0.15) is 10.8 Å². The van der Waals surface area contributed by atoms with Gasteiger partial charge in [0.05, 0.1) is 17.9 Å². The SMILES string of the molecule is CCOc1ccccc1-c1nnc(SCc2csc(-c3ccc(CC)cc3)n2)o1. The van der Waals surface area contributed by atoms with E-state index in [0.717, 1.165) is 34.0 Å². The molecule has 2 aromatic heterocycles. The molecule has 0 bridgehead atoms. The Bertz CT molecular complexity index is 1070. The third kappa shape index (κ3) is 4.68. The number of ether oxygens (including phenoxy) is 1. The molecule has 0 aliphatic rings. The van der Waals surface area contributed by atoms with Crippen molar-refractivity contribution in [2.45, 2.75) is 31.2 Å². The fraction of sp³-hybridized carbons (Fsp3) is 0.227. The van der Waals surface area contributed by atoms with Gasteiger partial charge in [-0.05, 0) is 31.0 Å². The summed E-state index contributed by atoms with van der Waals surface area (Å²) in [6.07, 6.45) is 1.04. The van der Waals surface area contributed by atoms with Gasteiger partial charge in [-0.25, -0.2) is 4.98 Å². The quantitative estimate of drug-likeness (QED) is 0.319. The van der Waals surface area contributed by atoms with E-state index in [-0.39, 0.29) is 0 Å². The summed E-state index contributed by atoms with van der Waals surface area (Å²) in [5.74, 6) is 1.89. The van der Waals surface area contributed by atoms with Crippen LogP contribution in [0.4, 0.5) is 0 Å². The first-order valence-corrected chi connectivity index (χ1v) is 11.4. The molecule has 0 unspecified atom stereocenters. The zero-order valence-electron chi connectivity index (χ0n) is 16.3. The first-order chi connectivity index (χ1) is 14.3. The summed E-state index contributed by atoms with van der Waals surface area (Å²) in [5.41, 5.74) is 4.29. The Morgan fingerprint density at radius 1 is 1.03 bits per heavy atom. The Morgan fingerprint density at radius 2 is 1.86 bits per heavy atom. The molecular weight excluding hydrogens is 402 g/mol. The topological polar surface area (TPSA) is 61.0 Å². The van der Waals surface area contributed by atoms with Crippen LogP contribution >= 0.6 is 23.1 Å². The number of hydrogen-bond acceptors (Lipinski definition) is 7. The Hall–Kier alpha value is -2.64. The van der Waals surface area contributed by atoms with Crippen molar-refractivity contribution in [3.8, 4) is 27.8 Å². The first kappa shape index (κ1) is 19.7. The number of rotatable bonds is 8. The molecule has 5 nitrogen and oxygen atoms in total. The maximum Gasteiger partial charge on any atom is 0.277 e. The van der Waals surface area contributed by atoms with Gasteiger partial charge in [-0.1, -0.05) is 55.1 Å². The van der Waals surface area contributed by atoms with Crippen LogP contribution in [0.3, 0.4) is 0 Å². The van der Waals surface area contributed by atoms with E-state index in [9.17, 15) is 0 Å². The zero-order valence-corrected chi connectivity index (χ0v) is 17.9. The smallest absolute Gasteiger partial charge is 0.277 e. The maximum atomic E-state index is 5.83. The van der Waals surface area contributed by atoms with Crippen LogP contribution in [0.1, 0.15) is 25.1 Å². The van der Waals surface area contributed by atoms with Crippen LogP contribution in [0.2, 0.25) is 0 Å². The van der Waals surface area contributed by atoms with Gasteiger partial charge in [0.25, 0.3) is 11.1 Å². The average molecular weight is 424 g/mol. The molecule has 4 aromatic rings. The van der Waals surface area contributed by atoms with Crippen LogP contribution < -0.4 is 4.74 Å². The van der Waals surface area contributed by atoms with E-state index in [1.165, 1.54) is 17.3 Å². The van der Waals surface area contributed by atoms with E-state index < -0.39 is 0 Å². The van der Waals surface area contributed by atoms with Crippen molar-refractivity contribution in [1.82, 2.24) is 15.2 Å². The van der Waals surface area contributed by atoms with Crippen molar-refractivity contribution in [3.05, 3.63) is 65.2 Å². The number of benzene rings is 2. The van der Waals surface area contributed by atoms with Crippen molar-refractivity contribution in [1.29, 1.82) is 0 Å². The molecule has 0 spiro atoms. The van der Waals surface area contributed by atoms with E-state index >= 15 is 0 Å². The highest BCUT2D eigenvalue weighted by atomic mass is 32.2. The lowest BCUT2D eigenvalue weighted by Gasteiger charge is -2.05. The van der Waals surface area contributed by atoms with Crippen molar-refractivity contribution < 1.29 is 9.15 Å². The maximum absolute atomic E-state index is 5.83. The van der Waals surface area contributed by atoms with Gasteiger partial charge in [-0.15, -0.1) is 21.5 Å². The van der Waals surface area contributed by atoms with Gasteiger partial charge < -0.3 is 9.15 Å². The minimum atomic E-state index is 0.464. The summed E-state index contributed by atoms with van der Waals surface area (Å²) in [6, 6.07) is 16.3. The number of aromatic nitrogens is 3. The van der Waals surface area contributed by atoms with E-state index in [4.69, 9.17) is 14.1 Å². The normalized spacial score (nSPS) is 11.0. The monoisotopic (exact) mass is 423 g/mol. The van der Waals surface area contributed by atoms with Gasteiger partial charge in [0, 0.05) is 16.7 Å². The molecular formula is C22H21N3O2S2. The minimum absolute atomic E-state index is 0.464. The summed E-state index contributed by atoms with van der Waals surface area (Å²) in [7, 11) is 0. The van der Waals surface area contributed by atoms with E-state index in [1.54, 1.807) is 11.3 Å². The van der Waals surface area contributed by atoms with E-state index in [1.807, 2.05) is 31.2 Å². The fourth-order valence-electron chi connectivity index (χ4n) is 2.83. The molecule has 29 heavy (non-hydrogen) atoms. The molecule has 0 fully saturated rings. The second kappa shape index (κ2) is 9.24. The zero-order chi connectivity index (χ0) is 20.1. The van der Waals surface area contributed by atoms with Gasteiger partial charge in [0.15, 0.2) is 0 Å². The predicted octanol–water partition coefficient (Wildman–Crippen LogP) is 6.11. The lowest BCUT2D eigenvalue weighted by atomic mass is 10.1. The highest BCUT2D eigenvalue weighted by Crippen LogP contribution is 2.32. The third-order valence-electron chi connectivity index (χ3n) is 4.33. The van der Waals surface area contributed by atoms with Crippen LogP contribution in [0.5, 0.6) is 5.75 Å². The minimum Gasteiger partial charge on any atom is -0.493 e. The van der Waals surface area contributed by atoms with Crippen LogP contribution in [0.15, 0.2) is 63.6 Å². The largest absolute Gasteiger partial charge is 0.493 e. The number of nitrogens with zero attached hydrogens (tertiary/aromatic N) is 3. The molecule has 0 N–H and O–H groups in total. The highest BCUT2D eigenvalue weighted by Gasteiger charge is 2.14. The Balaban J connectivity index is 1.42. The van der Waals surface area contributed by atoms with Crippen molar-refractivity contribution >= 4 is 23.1 Å². The number of aryl methyl sites for hydroxylation is 1. The molecule has 2 aromatic carbocycles. The number of para-hydroxylation sites is 1. The van der Waals surface area contributed by atoms with Gasteiger partial charge in [-0.3, -0.25) is 0 Å². The van der Waals surface area contributed by atoms with Crippen LogP contribution in [0, 0.1) is 0 Å². The molecule has 0 aliphatic carbocycles. The molecule has 0 saturated heterocycles. The predicted molar refractivity (Wildman–Crippen MR) is 117 cm³/mol. The molecule has 0 amide bonds. The van der Waals surface area contributed by atoms with Crippen LogP contribution in [-0.4, -0.2) is 21.8 Å². The van der Waals surface area contributed by atoms with Crippen molar-refractivity contribution in [3.63, 3.8) is 0 Å². The summed E-state index contributed by atoms with van der Waals surface area (Å²) in [4.78, 5) is 4.74. The number of thioether (sulfide) groups is 1. The number of hydrogen-bond donors (Lipinski definition) is 0. The van der Waals surface area contributed by atoms with Gasteiger partial charge >= 0.3 is 0 Å². The Morgan fingerprint density at radius 3 is 2.66 bits per heavy atom. The van der Waals surface area contributed by atoms with Crippen LogP contribution in [-0.2, 0) is 12.2 Å². The second-order valence-corrected chi connectivity index (χ2v) is 8.07. The summed E-state index contributed by atoms with van der Waals surface area (Å²) < 4.78 is 11.5. The summed E-state index contributed by atoms with van der Waals surface area (Å²) >= 11 is 3.14. The number of thiazole rings is 1. The molecule has 2 heterocycles. The van der Waals surface area contributed by atoms with E-state index in [0.29, 0.717) is 23.5 Å². The molecule has 4 rings (SSSR count). The standard InChI is InChI=1S/C22H21N3O2S2/c1-3-15-9-11-16(12-10-15)21-23-17(13-28-21)14-29-22-25-24-20(27-22)18-7-5-6-8-19(18)26-4-2/h5-13H,3-4,14H2,1-2H3. The van der Waals surface area contributed by atoms with E-state index in [2.05, 4.69) is 46.8 Å². The fourth-order valence-corrected chi connectivity index (χ4v) is 4.41. The molecule has 0 aliphatic heterocycles. The molecule has 7 heteroatoms. The highest BCUT2D eigenvalue weighted by molar-refractivity contribution is 7.98. The molecule has 148 valence electrons. The first-order valence-electron chi connectivity index (χ1n) is 9.49. The molecule has 0 radical (unpaired) electrons. The molecule has 0 saturated carbocycles. The lowest BCUT2D eigenvalue weighted by Crippen LogP contribution is -1.93. The Labute approximate surface area is 178 Å². The van der Waals surface area contributed by atoms with Gasteiger partial charge in [-0.2, -0.15) is 0 Å². The summed E-state index contributed by atoms with van der Waals surface area (Å²) in [5, 5.41) is 12.0. The second-order valence-electron chi connectivity index (χ2n) is 6.29. The molecule has 0 atom stereocenters. The van der Waals surface area contributed by atoms with Crippen molar-refractivity contribution in [2.75, 3.05) is 6.61 Å².